The van der Waals surface area contributed by atoms with Crippen LogP contribution in [0.1, 0.15) is 24.0 Å². The third-order valence-corrected chi connectivity index (χ3v) is 6.17. The zero-order valence-electron chi connectivity index (χ0n) is 18.7. The van der Waals surface area contributed by atoms with Crippen molar-refractivity contribution in [2.45, 2.75) is 19.0 Å². The summed E-state index contributed by atoms with van der Waals surface area (Å²) in [6, 6.07) is 18.5. The summed E-state index contributed by atoms with van der Waals surface area (Å²) in [7, 11) is 0. The first-order chi connectivity index (χ1) is 16.8. The molecule has 176 valence electrons. The third kappa shape index (κ3) is 3.80. The van der Waals surface area contributed by atoms with Crippen LogP contribution >= 0.6 is 0 Å². The Balaban J connectivity index is 1.80. The number of carbonyl (C=O) groups is 2. The summed E-state index contributed by atoms with van der Waals surface area (Å²) in [6.45, 7) is 1.90. The van der Waals surface area contributed by atoms with Crippen LogP contribution in [0.5, 0.6) is 0 Å². The normalized spacial score (nSPS) is 16.4. The van der Waals surface area contributed by atoms with E-state index in [0.717, 1.165) is 17.5 Å². The molecule has 2 heterocycles. The molecule has 1 unspecified atom stereocenters. The van der Waals surface area contributed by atoms with Gasteiger partial charge in [0.05, 0.1) is 16.9 Å². The molecule has 4 aromatic rings. The van der Waals surface area contributed by atoms with Crippen LogP contribution in [-0.2, 0) is 15.8 Å². The Labute approximate surface area is 199 Å². The van der Waals surface area contributed by atoms with Gasteiger partial charge >= 0.3 is 6.18 Å². The number of halogens is 3. The highest BCUT2D eigenvalue weighted by molar-refractivity contribution is 6.24. The van der Waals surface area contributed by atoms with Gasteiger partial charge in [-0.3, -0.25) is 19.5 Å². The Kier molecular flexibility index (Phi) is 5.51. The van der Waals surface area contributed by atoms with Gasteiger partial charge in [0.2, 0.25) is 11.8 Å². The van der Waals surface area contributed by atoms with Gasteiger partial charge in [-0.15, -0.1) is 0 Å². The number of carbonyl (C=O) groups excluding carboxylic acids is 2. The van der Waals surface area contributed by atoms with Gasteiger partial charge in [-0.25, -0.2) is 0 Å². The van der Waals surface area contributed by atoms with E-state index in [-0.39, 0.29) is 17.9 Å². The van der Waals surface area contributed by atoms with Crippen molar-refractivity contribution in [1.29, 1.82) is 0 Å². The van der Waals surface area contributed by atoms with Gasteiger partial charge in [-0.2, -0.15) is 13.2 Å². The van der Waals surface area contributed by atoms with Crippen LogP contribution in [0.4, 0.5) is 30.2 Å². The molecule has 3 aromatic carbocycles. The summed E-state index contributed by atoms with van der Waals surface area (Å²) in [6.07, 6.45) is -1.40. The average Bonchev–Trinajstić information content (AvgIpc) is 2.94. The number of hydrogen-bond donors (Lipinski definition) is 0. The lowest BCUT2D eigenvalue weighted by Crippen LogP contribution is -2.39. The van der Waals surface area contributed by atoms with E-state index >= 15 is 0 Å². The summed E-state index contributed by atoms with van der Waals surface area (Å²) in [5.74, 6) is -2.38. The van der Waals surface area contributed by atoms with E-state index in [1.54, 1.807) is 67.8 Å². The second-order valence-electron chi connectivity index (χ2n) is 8.17. The monoisotopic (exact) mass is 475 g/mol. The molecule has 0 saturated carbocycles. The lowest BCUT2D eigenvalue weighted by Gasteiger charge is -2.26. The minimum absolute atomic E-state index is 0.00984. The zero-order chi connectivity index (χ0) is 24.7. The van der Waals surface area contributed by atoms with Crippen molar-refractivity contribution in [1.82, 2.24) is 4.98 Å². The highest BCUT2D eigenvalue weighted by Crippen LogP contribution is 2.45. The van der Waals surface area contributed by atoms with Gasteiger partial charge in [-0.05, 0) is 54.3 Å². The molecule has 1 atom stereocenters. The lowest BCUT2D eigenvalue weighted by molar-refractivity contribution is -0.137. The van der Waals surface area contributed by atoms with E-state index in [9.17, 15) is 22.8 Å². The number of fused-ring (bicyclic) bond motifs is 2. The predicted molar refractivity (Wildman–Crippen MR) is 128 cm³/mol. The Morgan fingerprint density at radius 1 is 0.886 bits per heavy atom. The molecule has 0 bridgehead atoms. The molecule has 1 aliphatic heterocycles. The predicted octanol–water partition coefficient (Wildman–Crippen LogP) is 6.07. The molecular formula is C27H20F3N3O2. The fourth-order valence-corrected chi connectivity index (χ4v) is 4.57. The molecule has 0 N–H and O–H groups in total. The minimum Gasteiger partial charge on any atom is -0.310 e. The lowest BCUT2D eigenvalue weighted by atomic mass is 9.91. The number of nitrogens with zero attached hydrogens (tertiary/aromatic N) is 3. The Bertz CT molecular complexity index is 1430. The summed E-state index contributed by atoms with van der Waals surface area (Å²) in [4.78, 5) is 34.8. The van der Waals surface area contributed by atoms with E-state index in [4.69, 9.17) is 0 Å². The van der Waals surface area contributed by atoms with Crippen LogP contribution in [0, 0.1) is 0 Å². The van der Waals surface area contributed by atoms with Crippen molar-refractivity contribution >= 4 is 39.6 Å². The second kappa shape index (κ2) is 8.54. The molecule has 0 spiro atoms. The molecule has 0 fully saturated rings. The first-order valence-electron chi connectivity index (χ1n) is 11.1. The first-order valence-corrected chi connectivity index (χ1v) is 11.1. The van der Waals surface area contributed by atoms with Gasteiger partial charge in [0.1, 0.15) is 5.92 Å². The number of hydrogen-bond acceptors (Lipinski definition) is 3. The molecule has 0 aliphatic carbocycles. The number of para-hydroxylation sites is 1. The number of benzene rings is 3. The van der Waals surface area contributed by atoms with Gasteiger partial charge in [0.25, 0.3) is 0 Å². The van der Waals surface area contributed by atoms with Crippen molar-refractivity contribution in [3.63, 3.8) is 0 Å². The number of pyridine rings is 1. The number of amides is 2. The molecule has 0 radical (unpaired) electrons. The van der Waals surface area contributed by atoms with Crippen molar-refractivity contribution in [3.05, 3.63) is 96.3 Å². The van der Waals surface area contributed by atoms with Crippen LogP contribution < -0.4 is 9.80 Å². The maximum absolute atomic E-state index is 14.2. The molecule has 35 heavy (non-hydrogen) atoms. The molecule has 5 nitrogen and oxygen atoms in total. The summed E-state index contributed by atoms with van der Waals surface area (Å²) in [5.41, 5.74) is 0.199. The third-order valence-electron chi connectivity index (χ3n) is 6.17. The van der Waals surface area contributed by atoms with Gasteiger partial charge in [-0.1, -0.05) is 36.4 Å². The van der Waals surface area contributed by atoms with Gasteiger partial charge in [0.15, 0.2) is 0 Å². The number of alkyl halides is 3. The number of anilines is 3. The van der Waals surface area contributed by atoms with Gasteiger partial charge in [0, 0.05) is 30.0 Å². The zero-order valence-corrected chi connectivity index (χ0v) is 18.7. The van der Waals surface area contributed by atoms with Crippen molar-refractivity contribution in [3.8, 4) is 0 Å². The molecular weight excluding hydrogens is 455 g/mol. The van der Waals surface area contributed by atoms with Crippen molar-refractivity contribution in [2.75, 3.05) is 16.3 Å². The molecule has 1 aromatic heterocycles. The maximum Gasteiger partial charge on any atom is 0.416 e. The van der Waals surface area contributed by atoms with Crippen LogP contribution in [0.15, 0.2) is 85.2 Å². The van der Waals surface area contributed by atoms with E-state index in [1.807, 2.05) is 6.07 Å². The van der Waals surface area contributed by atoms with Crippen LogP contribution in [0.3, 0.4) is 0 Å². The van der Waals surface area contributed by atoms with E-state index in [2.05, 4.69) is 4.98 Å². The smallest absolute Gasteiger partial charge is 0.310 e. The summed E-state index contributed by atoms with van der Waals surface area (Å²) in [5, 5.41) is 1.43. The number of rotatable bonds is 3. The second-order valence-corrected chi connectivity index (χ2v) is 8.17. The van der Waals surface area contributed by atoms with Crippen molar-refractivity contribution < 1.29 is 22.8 Å². The van der Waals surface area contributed by atoms with Crippen LogP contribution in [-0.4, -0.2) is 23.3 Å². The minimum atomic E-state index is -4.62. The van der Waals surface area contributed by atoms with E-state index in [0.29, 0.717) is 16.6 Å². The average molecular weight is 475 g/mol. The SMILES string of the molecule is CCN1C(=O)C(c2cccc3cnccc23)C(=O)N(c2ccccc2)c2cc(C(F)(F)F)ccc21. The topological polar surface area (TPSA) is 53.5 Å². The molecule has 8 heteroatoms. The fraction of sp³-hybridized carbons (Fsp3) is 0.148. The van der Waals surface area contributed by atoms with Crippen LogP contribution in [0.2, 0.25) is 0 Å². The first kappa shape index (κ1) is 22.6. The molecule has 1 aliphatic rings. The van der Waals surface area contributed by atoms with Crippen molar-refractivity contribution in [2.24, 2.45) is 0 Å². The number of likely N-dealkylation sites (N-methyl/N-ethyl adjacent to an activating group) is 1. The molecule has 0 saturated heterocycles. The maximum atomic E-state index is 14.2. The molecule has 5 rings (SSSR count). The highest BCUT2D eigenvalue weighted by atomic mass is 19.4. The molecule has 2 amide bonds. The summed E-state index contributed by atoms with van der Waals surface area (Å²) >= 11 is 0. The fourth-order valence-electron chi connectivity index (χ4n) is 4.57. The Morgan fingerprint density at radius 3 is 2.37 bits per heavy atom. The quantitative estimate of drug-likeness (QED) is 0.338. The largest absolute Gasteiger partial charge is 0.416 e. The Hall–Kier alpha value is -4.20. The highest BCUT2D eigenvalue weighted by Gasteiger charge is 2.43. The number of aromatic nitrogens is 1. The van der Waals surface area contributed by atoms with E-state index in [1.165, 1.54) is 15.9 Å². The van der Waals surface area contributed by atoms with E-state index < -0.39 is 29.5 Å². The van der Waals surface area contributed by atoms with Gasteiger partial charge < -0.3 is 4.90 Å². The summed E-state index contributed by atoms with van der Waals surface area (Å²) < 4.78 is 41.0. The Morgan fingerprint density at radius 2 is 1.66 bits per heavy atom. The standard InChI is InChI=1S/C27H20F3N3O2/c1-2-32-22-12-11-18(27(28,29)30)15-23(22)33(19-8-4-3-5-9-19)26(35)24(25(32)34)21-10-6-7-17-16-31-14-13-20(17)21/h3-16,24H,2H2,1H3. The van der Waals surface area contributed by atoms with Crippen LogP contribution in [0.25, 0.3) is 10.8 Å².